The highest BCUT2D eigenvalue weighted by molar-refractivity contribution is 9.10. The van der Waals surface area contributed by atoms with Crippen LogP contribution in [0.2, 0.25) is 0 Å². The maximum atomic E-state index is 13.8. The highest BCUT2D eigenvalue weighted by atomic mass is 79.9. The molecule has 3 rings (SSSR count). The summed E-state index contributed by atoms with van der Waals surface area (Å²) in [5.41, 5.74) is 1.08. The molecule has 1 aliphatic heterocycles. The highest BCUT2D eigenvalue weighted by Gasteiger charge is 2.15. The minimum atomic E-state index is -0.595. The normalized spacial score (nSPS) is 14.6. The Balaban J connectivity index is 1.56. The highest BCUT2D eigenvalue weighted by Crippen LogP contribution is 2.19. The molecule has 1 heterocycles. The van der Waals surface area contributed by atoms with Gasteiger partial charge >= 0.3 is 0 Å². The number of morpholine rings is 1. The summed E-state index contributed by atoms with van der Waals surface area (Å²) in [6, 6.07) is 10.8. The van der Waals surface area contributed by atoms with Crippen LogP contribution >= 0.6 is 15.9 Å². The predicted molar refractivity (Wildman–Crippen MR) is 104 cm³/mol. The molecule has 0 aliphatic carbocycles. The largest absolute Gasteiger partial charge is 0.379 e. The minimum Gasteiger partial charge on any atom is -0.379 e. The lowest BCUT2D eigenvalue weighted by Gasteiger charge is -2.25. The maximum Gasteiger partial charge on any atom is 0.258 e. The number of amides is 2. The average Bonchev–Trinajstić information content (AvgIpc) is 2.66. The first kappa shape index (κ1) is 19.5. The Kier molecular flexibility index (Phi) is 6.54. The van der Waals surface area contributed by atoms with E-state index in [-0.39, 0.29) is 11.5 Å². The van der Waals surface area contributed by atoms with Gasteiger partial charge in [-0.15, -0.1) is 0 Å². The van der Waals surface area contributed by atoms with E-state index in [1.54, 1.807) is 24.3 Å². The molecule has 2 N–H and O–H groups in total. The number of nitrogens with zero attached hydrogens (tertiary/aromatic N) is 1. The fourth-order valence-corrected chi connectivity index (χ4v) is 3.03. The molecular weight excluding hydrogens is 417 g/mol. The fraction of sp³-hybridized carbons (Fsp3) is 0.263. The van der Waals surface area contributed by atoms with Crippen LogP contribution in [0.15, 0.2) is 46.9 Å². The van der Waals surface area contributed by atoms with E-state index in [1.165, 1.54) is 18.2 Å². The van der Waals surface area contributed by atoms with E-state index in [1.807, 2.05) is 4.90 Å². The van der Waals surface area contributed by atoms with Gasteiger partial charge in [-0.2, -0.15) is 0 Å². The number of ether oxygens (including phenoxy) is 1. The van der Waals surface area contributed by atoms with Crippen LogP contribution in [0.4, 0.5) is 15.8 Å². The van der Waals surface area contributed by atoms with Gasteiger partial charge in [0.2, 0.25) is 5.91 Å². The topological polar surface area (TPSA) is 70.7 Å². The maximum absolute atomic E-state index is 13.8. The van der Waals surface area contributed by atoms with Crippen molar-refractivity contribution in [3.63, 3.8) is 0 Å². The van der Waals surface area contributed by atoms with E-state index < -0.39 is 11.7 Å². The third-order valence-electron chi connectivity index (χ3n) is 4.07. The molecule has 0 saturated carbocycles. The van der Waals surface area contributed by atoms with Gasteiger partial charge in [-0.1, -0.05) is 15.9 Å². The van der Waals surface area contributed by atoms with E-state index in [0.717, 1.165) is 13.1 Å². The number of carbonyl (C=O) groups excluding carboxylic acids is 2. The Bertz CT molecular complexity index is 823. The average molecular weight is 436 g/mol. The first-order valence-electron chi connectivity index (χ1n) is 8.48. The summed E-state index contributed by atoms with van der Waals surface area (Å²) in [6.07, 6.45) is 0. The summed E-state index contributed by atoms with van der Waals surface area (Å²) in [4.78, 5) is 26.3. The summed E-state index contributed by atoms with van der Waals surface area (Å²) >= 11 is 3.22. The molecule has 0 radical (unpaired) electrons. The van der Waals surface area contributed by atoms with Crippen LogP contribution in [-0.4, -0.2) is 49.6 Å². The van der Waals surface area contributed by atoms with Crippen LogP contribution in [0.1, 0.15) is 10.4 Å². The molecular formula is C19H19BrFN3O3. The van der Waals surface area contributed by atoms with Crippen molar-refractivity contribution < 1.29 is 18.7 Å². The molecule has 0 atom stereocenters. The lowest BCUT2D eigenvalue weighted by molar-refractivity contribution is -0.118. The first-order valence-corrected chi connectivity index (χ1v) is 9.27. The minimum absolute atomic E-state index is 0.0488. The number of rotatable bonds is 5. The third-order valence-corrected chi connectivity index (χ3v) is 4.56. The molecule has 0 aromatic heterocycles. The second-order valence-corrected chi connectivity index (χ2v) is 7.01. The third kappa shape index (κ3) is 5.59. The Morgan fingerprint density at radius 2 is 1.67 bits per heavy atom. The van der Waals surface area contributed by atoms with E-state index in [9.17, 15) is 14.0 Å². The van der Waals surface area contributed by atoms with Crippen molar-refractivity contribution in [2.75, 3.05) is 43.5 Å². The van der Waals surface area contributed by atoms with Crippen LogP contribution < -0.4 is 10.6 Å². The Morgan fingerprint density at radius 1 is 1.04 bits per heavy atom. The molecule has 1 saturated heterocycles. The second kappa shape index (κ2) is 9.07. The predicted octanol–water partition coefficient (Wildman–Crippen LogP) is 3.11. The summed E-state index contributed by atoms with van der Waals surface area (Å²) in [7, 11) is 0. The first-order chi connectivity index (χ1) is 13.0. The molecule has 8 heteroatoms. The summed E-state index contributed by atoms with van der Waals surface area (Å²) in [6.45, 7) is 3.07. The molecule has 1 aliphatic rings. The monoisotopic (exact) mass is 435 g/mol. The quantitative estimate of drug-likeness (QED) is 0.756. The summed E-state index contributed by atoms with van der Waals surface area (Å²) in [5, 5.41) is 5.46. The van der Waals surface area contributed by atoms with Gasteiger partial charge in [0.25, 0.3) is 5.91 Å². The van der Waals surface area contributed by atoms with Crippen LogP contribution in [0.3, 0.4) is 0 Å². The molecule has 2 aromatic carbocycles. The van der Waals surface area contributed by atoms with Gasteiger partial charge < -0.3 is 15.4 Å². The van der Waals surface area contributed by atoms with Crippen molar-refractivity contribution in [1.82, 2.24) is 4.90 Å². The zero-order chi connectivity index (χ0) is 19.2. The van der Waals surface area contributed by atoms with E-state index >= 15 is 0 Å². The second-order valence-electron chi connectivity index (χ2n) is 6.09. The number of hydrogen-bond acceptors (Lipinski definition) is 4. The lowest BCUT2D eigenvalue weighted by Crippen LogP contribution is -2.41. The van der Waals surface area contributed by atoms with Crippen LogP contribution in [0.25, 0.3) is 0 Å². The van der Waals surface area contributed by atoms with Gasteiger partial charge in [0, 0.05) is 28.9 Å². The van der Waals surface area contributed by atoms with Crippen molar-refractivity contribution >= 4 is 39.1 Å². The van der Waals surface area contributed by atoms with E-state index in [2.05, 4.69) is 26.6 Å². The number of nitrogens with one attached hydrogen (secondary N) is 2. The van der Waals surface area contributed by atoms with Gasteiger partial charge in [-0.05, 0) is 42.5 Å². The molecule has 0 unspecified atom stereocenters. The number of halogens is 2. The number of hydrogen-bond donors (Lipinski definition) is 2. The Hall–Kier alpha value is -2.29. The van der Waals surface area contributed by atoms with Gasteiger partial charge in [-0.25, -0.2) is 4.39 Å². The van der Waals surface area contributed by atoms with Crippen molar-refractivity contribution in [2.24, 2.45) is 0 Å². The standard InChI is InChI=1S/C19H19BrFN3O3/c20-13-1-6-17(21)16(11-13)19(26)23-15-4-2-14(3-5-15)22-18(25)12-24-7-9-27-10-8-24/h1-6,11H,7-10,12H2,(H,22,25)(H,23,26). The SMILES string of the molecule is O=C(CN1CCOCC1)Nc1ccc(NC(=O)c2cc(Br)ccc2F)cc1. The Morgan fingerprint density at radius 3 is 2.33 bits per heavy atom. The molecule has 0 bridgehead atoms. The lowest BCUT2D eigenvalue weighted by atomic mass is 10.2. The number of anilines is 2. The summed E-state index contributed by atoms with van der Waals surface area (Å²) < 4.78 is 19.7. The molecule has 142 valence electrons. The van der Waals surface area contributed by atoms with E-state index in [0.29, 0.717) is 35.6 Å². The molecule has 27 heavy (non-hydrogen) atoms. The molecule has 1 fully saturated rings. The van der Waals surface area contributed by atoms with Crippen molar-refractivity contribution in [1.29, 1.82) is 0 Å². The molecule has 6 nitrogen and oxygen atoms in total. The van der Waals surface area contributed by atoms with Gasteiger partial charge in [0.1, 0.15) is 5.82 Å². The van der Waals surface area contributed by atoms with Crippen molar-refractivity contribution in [3.05, 3.63) is 58.3 Å². The van der Waals surface area contributed by atoms with E-state index in [4.69, 9.17) is 4.74 Å². The zero-order valence-electron chi connectivity index (χ0n) is 14.5. The zero-order valence-corrected chi connectivity index (χ0v) is 16.1. The van der Waals surface area contributed by atoms with Crippen LogP contribution in [-0.2, 0) is 9.53 Å². The van der Waals surface area contributed by atoms with Gasteiger partial charge in [0.15, 0.2) is 0 Å². The van der Waals surface area contributed by atoms with Crippen molar-refractivity contribution in [2.45, 2.75) is 0 Å². The molecule has 2 aromatic rings. The van der Waals surface area contributed by atoms with Crippen LogP contribution in [0, 0.1) is 5.82 Å². The number of benzene rings is 2. The van der Waals surface area contributed by atoms with Crippen molar-refractivity contribution in [3.8, 4) is 0 Å². The van der Waals surface area contributed by atoms with Crippen LogP contribution in [0.5, 0.6) is 0 Å². The Labute approximate surface area is 164 Å². The molecule has 2 amide bonds. The smallest absolute Gasteiger partial charge is 0.258 e. The summed E-state index contributed by atoms with van der Waals surface area (Å²) in [5.74, 6) is -1.24. The van der Waals surface area contributed by atoms with Gasteiger partial charge in [-0.3, -0.25) is 14.5 Å². The molecule has 0 spiro atoms. The number of carbonyl (C=O) groups is 2. The van der Waals surface area contributed by atoms with Gasteiger partial charge in [0.05, 0.1) is 25.3 Å². The fourth-order valence-electron chi connectivity index (χ4n) is 2.67.